The zero-order valence-corrected chi connectivity index (χ0v) is 12.9. The minimum atomic E-state index is -4.51. The Kier molecular flexibility index (Phi) is 4.65. The summed E-state index contributed by atoms with van der Waals surface area (Å²) in [7, 11) is 0. The first kappa shape index (κ1) is 16.9. The Balaban J connectivity index is 1.84. The fourth-order valence-electron chi connectivity index (χ4n) is 2.40. The summed E-state index contributed by atoms with van der Waals surface area (Å²) in [5.74, 6) is -2.57. The SMILES string of the molecule is Fc1cccc(C(/C=C/c2ccc(-n3cncn3)cc2)C(F)(F)F)c1. The lowest BCUT2D eigenvalue weighted by Crippen LogP contribution is -2.19. The number of aromatic nitrogens is 3. The summed E-state index contributed by atoms with van der Waals surface area (Å²) in [6.07, 6.45) is 0.799. The smallest absolute Gasteiger partial charge is 0.223 e. The van der Waals surface area contributed by atoms with Crippen molar-refractivity contribution in [3.63, 3.8) is 0 Å². The van der Waals surface area contributed by atoms with Gasteiger partial charge in [0.25, 0.3) is 0 Å². The second kappa shape index (κ2) is 6.88. The third-order valence-corrected chi connectivity index (χ3v) is 3.62. The van der Waals surface area contributed by atoms with Crippen molar-refractivity contribution in [2.24, 2.45) is 0 Å². The van der Waals surface area contributed by atoms with Gasteiger partial charge in [-0.2, -0.15) is 18.3 Å². The van der Waals surface area contributed by atoms with E-state index in [4.69, 9.17) is 0 Å². The second-order valence-electron chi connectivity index (χ2n) is 5.36. The molecule has 25 heavy (non-hydrogen) atoms. The van der Waals surface area contributed by atoms with E-state index in [-0.39, 0.29) is 5.56 Å². The fourth-order valence-corrected chi connectivity index (χ4v) is 2.40. The molecule has 2 aromatic carbocycles. The van der Waals surface area contributed by atoms with Crippen molar-refractivity contribution in [3.8, 4) is 5.69 Å². The van der Waals surface area contributed by atoms with Crippen LogP contribution in [0.15, 0.2) is 67.3 Å². The fraction of sp³-hybridized carbons (Fsp3) is 0.111. The number of halogens is 4. The minimum absolute atomic E-state index is 0.136. The first-order chi connectivity index (χ1) is 11.9. The first-order valence-corrected chi connectivity index (χ1v) is 7.39. The van der Waals surface area contributed by atoms with Gasteiger partial charge in [0.05, 0.1) is 11.6 Å². The Morgan fingerprint density at radius 3 is 2.40 bits per heavy atom. The molecular formula is C18H13F4N3. The normalized spacial score (nSPS) is 13.3. The van der Waals surface area contributed by atoms with Crippen LogP contribution in [0.4, 0.5) is 17.6 Å². The Labute approximate surface area is 141 Å². The van der Waals surface area contributed by atoms with Crippen LogP contribution >= 0.6 is 0 Å². The van der Waals surface area contributed by atoms with Gasteiger partial charge in [-0.1, -0.05) is 36.4 Å². The number of rotatable bonds is 4. The number of hydrogen-bond donors (Lipinski definition) is 0. The van der Waals surface area contributed by atoms with Crippen LogP contribution in [-0.4, -0.2) is 20.9 Å². The highest BCUT2D eigenvalue weighted by molar-refractivity contribution is 5.53. The molecule has 1 heterocycles. The quantitative estimate of drug-likeness (QED) is 0.637. The van der Waals surface area contributed by atoms with Crippen LogP contribution in [0, 0.1) is 5.82 Å². The zero-order chi connectivity index (χ0) is 17.9. The lowest BCUT2D eigenvalue weighted by atomic mass is 9.97. The third-order valence-electron chi connectivity index (χ3n) is 3.62. The average Bonchev–Trinajstić information content (AvgIpc) is 3.09. The minimum Gasteiger partial charge on any atom is -0.223 e. The standard InChI is InChI=1S/C18H13F4N3/c19-15-3-1-2-14(10-15)17(18(20,21)22)9-6-13-4-7-16(8-5-13)25-12-23-11-24-25/h1-12,17H/b9-6+. The summed E-state index contributed by atoms with van der Waals surface area (Å²) in [6, 6.07) is 11.3. The number of benzene rings is 2. The molecule has 0 bridgehead atoms. The van der Waals surface area contributed by atoms with Crippen molar-refractivity contribution < 1.29 is 17.6 Å². The maximum atomic E-state index is 13.3. The van der Waals surface area contributed by atoms with Crippen molar-refractivity contribution in [1.82, 2.24) is 14.8 Å². The zero-order valence-electron chi connectivity index (χ0n) is 12.9. The van der Waals surface area contributed by atoms with Gasteiger partial charge in [0.1, 0.15) is 18.5 Å². The topological polar surface area (TPSA) is 30.7 Å². The largest absolute Gasteiger partial charge is 0.399 e. The van der Waals surface area contributed by atoms with E-state index in [2.05, 4.69) is 10.1 Å². The summed E-state index contributed by atoms with van der Waals surface area (Å²) in [5.41, 5.74) is 1.20. The summed E-state index contributed by atoms with van der Waals surface area (Å²) < 4.78 is 54.7. The molecule has 0 N–H and O–H groups in total. The summed E-state index contributed by atoms with van der Waals surface area (Å²) in [4.78, 5) is 3.83. The molecule has 0 aliphatic heterocycles. The van der Waals surface area contributed by atoms with Crippen LogP contribution in [0.3, 0.4) is 0 Å². The van der Waals surface area contributed by atoms with Gasteiger partial charge in [-0.25, -0.2) is 14.1 Å². The lowest BCUT2D eigenvalue weighted by Gasteiger charge is -2.17. The summed E-state index contributed by atoms with van der Waals surface area (Å²) in [6.45, 7) is 0. The Bertz CT molecular complexity index is 853. The van der Waals surface area contributed by atoms with Crippen LogP contribution < -0.4 is 0 Å². The molecule has 3 nitrogen and oxygen atoms in total. The Hall–Kier alpha value is -2.96. The van der Waals surface area contributed by atoms with Gasteiger partial charge < -0.3 is 0 Å². The van der Waals surface area contributed by atoms with Crippen molar-refractivity contribution in [2.45, 2.75) is 12.1 Å². The molecule has 0 aliphatic rings. The summed E-state index contributed by atoms with van der Waals surface area (Å²) in [5, 5.41) is 3.97. The molecule has 3 rings (SSSR count). The van der Waals surface area contributed by atoms with Crippen molar-refractivity contribution in [2.75, 3.05) is 0 Å². The molecule has 1 atom stereocenters. The van der Waals surface area contributed by atoms with Gasteiger partial charge >= 0.3 is 6.18 Å². The molecule has 0 saturated heterocycles. The molecule has 0 aliphatic carbocycles. The van der Waals surface area contributed by atoms with Crippen LogP contribution in [0.25, 0.3) is 11.8 Å². The highest BCUT2D eigenvalue weighted by Gasteiger charge is 2.38. The molecule has 0 spiro atoms. The van der Waals surface area contributed by atoms with E-state index >= 15 is 0 Å². The number of nitrogens with zero attached hydrogens (tertiary/aromatic N) is 3. The van der Waals surface area contributed by atoms with Crippen molar-refractivity contribution in [1.29, 1.82) is 0 Å². The van der Waals surface area contributed by atoms with Gasteiger partial charge in [-0.05, 0) is 35.4 Å². The van der Waals surface area contributed by atoms with E-state index in [1.54, 1.807) is 28.9 Å². The molecule has 3 aromatic rings. The maximum Gasteiger partial charge on any atom is 0.399 e. The van der Waals surface area contributed by atoms with E-state index in [9.17, 15) is 17.6 Å². The van der Waals surface area contributed by atoms with Crippen molar-refractivity contribution >= 4 is 6.08 Å². The molecule has 0 saturated carbocycles. The van der Waals surface area contributed by atoms with E-state index in [1.165, 1.54) is 30.9 Å². The van der Waals surface area contributed by atoms with Crippen LogP contribution in [0.5, 0.6) is 0 Å². The van der Waals surface area contributed by atoms with E-state index in [1.807, 2.05) is 0 Å². The van der Waals surface area contributed by atoms with Gasteiger partial charge in [-0.3, -0.25) is 0 Å². The van der Waals surface area contributed by atoms with Gasteiger partial charge in [-0.15, -0.1) is 0 Å². The molecule has 1 unspecified atom stereocenters. The van der Waals surface area contributed by atoms with E-state index in [0.29, 0.717) is 5.56 Å². The predicted molar refractivity (Wildman–Crippen MR) is 85.6 cm³/mol. The molecular weight excluding hydrogens is 334 g/mol. The molecule has 7 heteroatoms. The molecule has 0 radical (unpaired) electrons. The number of alkyl halides is 3. The van der Waals surface area contributed by atoms with Crippen LogP contribution in [-0.2, 0) is 0 Å². The Morgan fingerprint density at radius 1 is 1.04 bits per heavy atom. The lowest BCUT2D eigenvalue weighted by molar-refractivity contribution is -0.139. The van der Waals surface area contributed by atoms with E-state index < -0.39 is 17.9 Å². The summed E-state index contributed by atoms with van der Waals surface area (Å²) >= 11 is 0. The monoisotopic (exact) mass is 347 g/mol. The average molecular weight is 347 g/mol. The van der Waals surface area contributed by atoms with Gasteiger partial charge in [0, 0.05) is 0 Å². The van der Waals surface area contributed by atoms with Crippen molar-refractivity contribution in [3.05, 3.63) is 84.2 Å². The maximum absolute atomic E-state index is 13.3. The molecule has 0 fully saturated rings. The van der Waals surface area contributed by atoms with Gasteiger partial charge in [0.2, 0.25) is 0 Å². The third kappa shape index (κ3) is 4.12. The highest BCUT2D eigenvalue weighted by atomic mass is 19.4. The van der Waals surface area contributed by atoms with Crippen LogP contribution in [0.1, 0.15) is 17.0 Å². The Morgan fingerprint density at radius 2 is 1.80 bits per heavy atom. The second-order valence-corrected chi connectivity index (χ2v) is 5.36. The number of hydrogen-bond acceptors (Lipinski definition) is 2. The molecule has 1 aromatic heterocycles. The van der Waals surface area contributed by atoms with Crippen LogP contribution in [0.2, 0.25) is 0 Å². The number of allylic oxidation sites excluding steroid dienone is 1. The van der Waals surface area contributed by atoms with E-state index in [0.717, 1.165) is 23.9 Å². The highest BCUT2D eigenvalue weighted by Crippen LogP contribution is 2.36. The molecule has 0 amide bonds. The van der Waals surface area contributed by atoms with Gasteiger partial charge in [0.15, 0.2) is 0 Å². The first-order valence-electron chi connectivity index (χ1n) is 7.39. The molecule has 128 valence electrons. The predicted octanol–water partition coefficient (Wildman–Crippen LogP) is 4.77.